The van der Waals surface area contributed by atoms with Crippen molar-refractivity contribution in [2.24, 2.45) is 7.05 Å². The Morgan fingerprint density at radius 2 is 1.80 bits per heavy atom. The van der Waals surface area contributed by atoms with E-state index in [0.717, 1.165) is 34.2 Å². The Bertz CT molecular complexity index is 1190. The van der Waals surface area contributed by atoms with Crippen LogP contribution in [0.25, 0.3) is 10.9 Å². The highest BCUT2D eigenvalue weighted by atomic mass is 19.4. The van der Waals surface area contributed by atoms with E-state index in [0.29, 0.717) is 18.5 Å². The summed E-state index contributed by atoms with van der Waals surface area (Å²) in [5.41, 5.74) is 2.89. The molecule has 0 aliphatic carbocycles. The predicted octanol–water partition coefficient (Wildman–Crippen LogP) is 4.35. The van der Waals surface area contributed by atoms with Crippen LogP contribution in [-0.4, -0.2) is 25.9 Å². The number of aromatic amines is 1. The van der Waals surface area contributed by atoms with E-state index in [1.165, 1.54) is 23.0 Å². The Labute approximate surface area is 169 Å². The molecule has 0 radical (unpaired) electrons. The molecule has 0 bridgehead atoms. The van der Waals surface area contributed by atoms with Crippen LogP contribution in [0.1, 0.15) is 27.2 Å². The average molecular weight is 413 g/mol. The van der Waals surface area contributed by atoms with Gasteiger partial charge in [-0.3, -0.25) is 9.48 Å². The summed E-state index contributed by atoms with van der Waals surface area (Å²) >= 11 is 0. The number of hydrogen-bond acceptors (Lipinski definition) is 3. The van der Waals surface area contributed by atoms with Crippen molar-refractivity contribution in [3.63, 3.8) is 0 Å². The van der Waals surface area contributed by atoms with E-state index in [9.17, 15) is 18.0 Å². The molecule has 0 unspecified atom stereocenters. The fraction of sp³-hybridized carbons (Fsp3) is 0.190. The van der Waals surface area contributed by atoms with Gasteiger partial charge in [-0.15, -0.1) is 5.10 Å². The molecule has 0 atom stereocenters. The van der Waals surface area contributed by atoms with Crippen LogP contribution >= 0.6 is 0 Å². The van der Waals surface area contributed by atoms with Gasteiger partial charge in [0.15, 0.2) is 5.69 Å². The van der Waals surface area contributed by atoms with Crippen molar-refractivity contribution in [3.05, 3.63) is 77.2 Å². The number of carbonyl (C=O) groups excluding carboxylic acids is 1. The molecular formula is C21H18F3N5O. The van der Waals surface area contributed by atoms with E-state index < -0.39 is 11.7 Å². The quantitative estimate of drug-likeness (QED) is 0.511. The molecule has 0 aliphatic heterocycles. The van der Waals surface area contributed by atoms with Crippen molar-refractivity contribution in [1.29, 1.82) is 0 Å². The molecule has 0 aliphatic rings. The topological polar surface area (TPSA) is 75.6 Å². The summed E-state index contributed by atoms with van der Waals surface area (Å²) in [6, 6.07) is 11.0. The van der Waals surface area contributed by atoms with Crippen LogP contribution in [0.15, 0.2) is 54.9 Å². The van der Waals surface area contributed by atoms with E-state index in [-0.39, 0.29) is 11.6 Å². The third-order valence-corrected chi connectivity index (χ3v) is 4.81. The molecule has 2 aromatic carbocycles. The lowest BCUT2D eigenvalue weighted by Crippen LogP contribution is -2.12. The molecule has 6 nitrogen and oxygen atoms in total. The van der Waals surface area contributed by atoms with Gasteiger partial charge in [-0.2, -0.15) is 13.2 Å². The summed E-state index contributed by atoms with van der Waals surface area (Å²) < 4.78 is 39.5. The Balaban J connectivity index is 1.48. The van der Waals surface area contributed by atoms with Crippen LogP contribution in [0.4, 0.5) is 18.9 Å². The average Bonchev–Trinajstić information content (AvgIpc) is 3.32. The Hall–Kier alpha value is -3.62. The van der Waals surface area contributed by atoms with Crippen molar-refractivity contribution in [2.45, 2.75) is 19.0 Å². The second-order valence-corrected chi connectivity index (χ2v) is 7.01. The number of halogens is 3. The molecule has 0 saturated carbocycles. The van der Waals surface area contributed by atoms with Crippen molar-refractivity contribution < 1.29 is 18.0 Å². The highest BCUT2D eigenvalue weighted by Gasteiger charge is 2.29. The standard InChI is InChI=1S/C21H18F3N5O/c1-29-12-19(27-28-29)20(30)26-18-11-25-17-9-6-14(10-16(17)18)3-2-13-4-7-15(8-5-13)21(22,23)24/h4-12,25H,2-3H2,1H3,(H,26,30). The molecule has 9 heteroatoms. The first-order valence-electron chi connectivity index (χ1n) is 9.23. The summed E-state index contributed by atoms with van der Waals surface area (Å²) in [4.78, 5) is 15.5. The first-order chi connectivity index (χ1) is 14.3. The monoisotopic (exact) mass is 413 g/mol. The number of nitrogens with zero attached hydrogens (tertiary/aromatic N) is 3. The number of amides is 1. The van der Waals surface area contributed by atoms with Gasteiger partial charge in [0.2, 0.25) is 0 Å². The van der Waals surface area contributed by atoms with E-state index in [1.54, 1.807) is 13.2 Å². The Morgan fingerprint density at radius 1 is 1.10 bits per heavy atom. The summed E-state index contributed by atoms with van der Waals surface area (Å²) in [6.07, 6.45) is 0.168. The van der Waals surface area contributed by atoms with Gasteiger partial charge in [0, 0.05) is 24.1 Å². The van der Waals surface area contributed by atoms with Gasteiger partial charge in [-0.05, 0) is 48.2 Å². The number of aromatic nitrogens is 4. The third kappa shape index (κ3) is 4.19. The first-order valence-corrected chi connectivity index (χ1v) is 9.23. The lowest BCUT2D eigenvalue weighted by molar-refractivity contribution is -0.137. The zero-order chi connectivity index (χ0) is 21.3. The fourth-order valence-electron chi connectivity index (χ4n) is 3.21. The molecule has 4 aromatic rings. The minimum Gasteiger partial charge on any atom is -0.359 e. The minimum absolute atomic E-state index is 0.213. The fourth-order valence-corrected chi connectivity index (χ4v) is 3.21. The molecule has 30 heavy (non-hydrogen) atoms. The maximum absolute atomic E-state index is 12.7. The van der Waals surface area contributed by atoms with Crippen molar-refractivity contribution >= 4 is 22.5 Å². The molecule has 2 aromatic heterocycles. The second kappa shape index (κ2) is 7.66. The summed E-state index contributed by atoms with van der Waals surface area (Å²) in [7, 11) is 1.68. The molecule has 2 heterocycles. The molecule has 1 amide bonds. The number of carbonyl (C=O) groups is 1. The molecule has 4 rings (SSSR count). The Kier molecular flexibility index (Phi) is 5.03. The van der Waals surface area contributed by atoms with Crippen LogP contribution < -0.4 is 5.32 Å². The number of nitrogens with one attached hydrogen (secondary N) is 2. The number of H-pyrrole nitrogens is 1. The Morgan fingerprint density at radius 3 is 2.47 bits per heavy atom. The molecule has 0 fully saturated rings. The number of alkyl halides is 3. The molecule has 0 saturated heterocycles. The predicted molar refractivity (Wildman–Crippen MR) is 106 cm³/mol. The number of anilines is 1. The van der Waals surface area contributed by atoms with Gasteiger partial charge in [0.25, 0.3) is 5.91 Å². The van der Waals surface area contributed by atoms with Crippen molar-refractivity contribution in [1.82, 2.24) is 20.0 Å². The molecular weight excluding hydrogens is 395 g/mol. The maximum atomic E-state index is 12.7. The molecule has 0 spiro atoms. The minimum atomic E-state index is -4.33. The van der Waals surface area contributed by atoms with Gasteiger partial charge in [0.1, 0.15) is 0 Å². The van der Waals surface area contributed by atoms with Crippen molar-refractivity contribution in [2.75, 3.05) is 5.32 Å². The SMILES string of the molecule is Cn1cc(C(=O)Nc2c[nH]c3ccc(CCc4ccc(C(F)(F)F)cc4)cc23)nn1. The maximum Gasteiger partial charge on any atom is 0.416 e. The third-order valence-electron chi connectivity index (χ3n) is 4.81. The van der Waals surface area contributed by atoms with Gasteiger partial charge in [-0.1, -0.05) is 23.4 Å². The van der Waals surface area contributed by atoms with Gasteiger partial charge in [0.05, 0.1) is 17.4 Å². The van der Waals surface area contributed by atoms with E-state index in [2.05, 4.69) is 20.6 Å². The van der Waals surface area contributed by atoms with E-state index in [1.807, 2.05) is 18.2 Å². The number of fused-ring (bicyclic) bond motifs is 1. The molecule has 2 N–H and O–H groups in total. The lowest BCUT2D eigenvalue weighted by atomic mass is 10.0. The first kappa shape index (κ1) is 19.7. The van der Waals surface area contributed by atoms with Crippen molar-refractivity contribution in [3.8, 4) is 0 Å². The summed E-state index contributed by atoms with van der Waals surface area (Å²) in [5, 5.41) is 11.2. The zero-order valence-corrected chi connectivity index (χ0v) is 16.0. The van der Waals surface area contributed by atoms with Gasteiger partial charge in [-0.25, -0.2) is 0 Å². The normalized spacial score (nSPS) is 11.7. The smallest absolute Gasteiger partial charge is 0.359 e. The highest BCUT2D eigenvalue weighted by molar-refractivity contribution is 6.08. The largest absolute Gasteiger partial charge is 0.416 e. The van der Waals surface area contributed by atoms with Crippen LogP contribution in [-0.2, 0) is 26.1 Å². The molecule has 154 valence electrons. The van der Waals surface area contributed by atoms with E-state index >= 15 is 0 Å². The number of aryl methyl sites for hydroxylation is 3. The second-order valence-electron chi connectivity index (χ2n) is 7.01. The van der Waals surface area contributed by atoms with Crippen LogP contribution in [0.2, 0.25) is 0 Å². The zero-order valence-electron chi connectivity index (χ0n) is 16.0. The number of benzene rings is 2. The van der Waals surface area contributed by atoms with Crippen LogP contribution in [0.3, 0.4) is 0 Å². The number of rotatable bonds is 5. The summed E-state index contributed by atoms with van der Waals surface area (Å²) in [6.45, 7) is 0. The van der Waals surface area contributed by atoms with Gasteiger partial charge >= 0.3 is 6.18 Å². The van der Waals surface area contributed by atoms with Gasteiger partial charge < -0.3 is 10.3 Å². The van der Waals surface area contributed by atoms with Crippen LogP contribution in [0.5, 0.6) is 0 Å². The highest BCUT2D eigenvalue weighted by Crippen LogP contribution is 2.29. The lowest BCUT2D eigenvalue weighted by Gasteiger charge is -2.08. The number of hydrogen-bond donors (Lipinski definition) is 2. The summed E-state index contributed by atoms with van der Waals surface area (Å²) in [5.74, 6) is -0.362. The van der Waals surface area contributed by atoms with E-state index in [4.69, 9.17) is 0 Å². The van der Waals surface area contributed by atoms with Crippen LogP contribution in [0, 0.1) is 0 Å².